The molecule has 2 aromatic carbocycles. The molecule has 0 aromatic heterocycles. The van der Waals surface area contributed by atoms with Crippen LogP contribution in [0.15, 0.2) is 42.0 Å². The predicted octanol–water partition coefficient (Wildman–Crippen LogP) is 4.16. The van der Waals surface area contributed by atoms with Gasteiger partial charge in [0.25, 0.3) is 0 Å². The molecule has 1 heterocycles. The highest BCUT2D eigenvalue weighted by atomic mass is 16.5. The maximum atomic E-state index is 12.4. The number of hydrogen-bond donors (Lipinski definition) is 2. The lowest BCUT2D eigenvalue weighted by atomic mass is 9.95. The molecule has 0 spiro atoms. The van der Waals surface area contributed by atoms with E-state index in [0.717, 1.165) is 17.2 Å². The van der Waals surface area contributed by atoms with E-state index in [1.807, 2.05) is 26.0 Å². The fourth-order valence-electron chi connectivity index (χ4n) is 2.91. The first-order valence-electron chi connectivity index (χ1n) is 8.59. The average molecular weight is 370 g/mol. The number of carbonyl (C=O) groups is 1. The fourth-order valence-corrected chi connectivity index (χ4v) is 2.91. The number of aromatic hydroxyl groups is 2. The van der Waals surface area contributed by atoms with Gasteiger partial charge in [0, 0.05) is 12.1 Å². The molecular formula is C21H22O6. The molecule has 0 amide bonds. The van der Waals surface area contributed by atoms with E-state index in [2.05, 4.69) is 0 Å². The van der Waals surface area contributed by atoms with E-state index >= 15 is 0 Å². The van der Waals surface area contributed by atoms with Gasteiger partial charge in [-0.05, 0) is 37.6 Å². The molecule has 0 saturated heterocycles. The standard InChI is InChI=1S/C21H22O6/c1-12(2)6-7-26-17-5-4-13(8-19(17)25-3)18-11-16(24)21-15(23)9-14(22)10-20(21)27-18/h4-6,8-10,18,22-23H,7,11H2,1-3H3. The number of carbonyl (C=O) groups excluding carboxylic acids is 1. The largest absolute Gasteiger partial charge is 0.508 e. The summed E-state index contributed by atoms with van der Waals surface area (Å²) in [5, 5.41) is 19.6. The summed E-state index contributed by atoms with van der Waals surface area (Å²) in [7, 11) is 1.55. The molecule has 0 fully saturated rings. The van der Waals surface area contributed by atoms with Crippen LogP contribution in [0.25, 0.3) is 0 Å². The number of hydrogen-bond acceptors (Lipinski definition) is 6. The number of rotatable bonds is 5. The number of phenolic OH excluding ortho intramolecular Hbond substituents is 2. The Hall–Kier alpha value is -3.15. The van der Waals surface area contributed by atoms with E-state index in [1.54, 1.807) is 19.2 Å². The molecule has 1 aliphatic heterocycles. The van der Waals surface area contributed by atoms with Crippen molar-refractivity contribution in [3.05, 3.63) is 53.1 Å². The second-order valence-corrected chi connectivity index (χ2v) is 6.57. The molecule has 0 radical (unpaired) electrons. The van der Waals surface area contributed by atoms with E-state index in [0.29, 0.717) is 18.1 Å². The van der Waals surface area contributed by atoms with Crippen LogP contribution < -0.4 is 14.2 Å². The third-order valence-electron chi connectivity index (χ3n) is 4.27. The molecule has 6 heteroatoms. The van der Waals surface area contributed by atoms with Crippen LogP contribution in [-0.2, 0) is 0 Å². The predicted molar refractivity (Wildman–Crippen MR) is 100 cm³/mol. The maximum Gasteiger partial charge on any atom is 0.174 e. The van der Waals surface area contributed by atoms with Crippen LogP contribution in [0, 0.1) is 0 Å². The number of fused-ring (bicyclic) bond motifs is 1. The van der Waals surface area contributed by atoms with Crippen LogP contribution in [-0.4, -0.2) is 29.7 Å². The summed E-state index contributed by atoms with van der Waals surface area (Å²) in [6.07, 6.45) is 1.49. The zero-order valence-electron chi connectivity index (χ0n) is 15.5. The third-order valence-corrected chi connectivity index (χ3v) is 4.27. The molecule has 3 rings (SSSR count). The van der Waals surface area contributed by atoms with Gasteiger partial charge >= 0.3 is 0 Å². The van der Waals surface area contributed by atoms with Crippen LogP contribution in [0.1, 0.15) is 42.3 Å². The SMILES string of the molecule is COc1cc(C2CC(=O)c3c(O)cc(O)cc3O2)ccc1OCC=C(C)C. The van der Waals surface area contributed by atoms with Crippen LogP contribution in [0.4, 0.5) is 0 Å². The molecule has 2 N–H and O–H groups in total. The van der Waals surface area contributed by atoms with Gasteiger partial charge < -0.3 is 24.4 Å². The molecule has 2 aromatic rings. The van der Waals surface area contributed by atoms with E-state index in [1.165, 1.54) is 6.07 Å². The minimum atomic E-state index is -0.549. The molecule has 0 aliphatic carbocycles. The minimum absolute atomic E-state index is 0.0759. The first-order valence-corrected chi connectivity index (χ1v) is 8.59. The highest BCUT2D eigenvalue weighted by molar-refractivity contribution is 6.02. The van der Waals surface area contributed by atoms with Gasteiger partial charge in [0.2, 0.25) is 0 Å². The summed E-state index contributed by atoms with van der Waals surface area (Å²) in [6, 6.07) is 7.81. The zero-order valence-corrected chi connectivity index (χ0v) is 15.5. The van der Waals surface area contributed by atoms with Crippen LogP contribution in [0.5, 0.6) is 28.7 Å². The second-order valence-electron chi connectivity index (χ2n) is 6.57. The van der Waals surface area contributed by atoms with Crippen LogP contribution >= 0.6 is 0 Å². The Morgan fingerprint density at radius 1 is 1.22 bits per heavy atom. The van der Waals surface area contributed by atoms with Gasteiger partial charge in [0.15, 0.2) is 17.3 Å². The first-order chi connectivity index (χ1) is 12.9. The Kier molecular flexibility index (Phi) is 5.26. The van der Waals surface area contributed by atoms with Crippen molar-refractivity contribution in [1.29, 1.82) is 0 Å². The average Bonchev–Trinajstić information content (AvgIpc) is 2.60. The fraction of sp³-hybridized carbons (Fsp3) is 0.286. The van der Waals surface area contributed by atoms with Crippen molar-refractivity contribution < 1.29 is 29.2 Å². The lowest BCUT2D eigenvalue weighted by molar-refractivity contribution is 0.0844. The van der Waals surface area contributed by atoms with Crippen LogP contribution in [0.3, 0.4) is 0 Å². The summed E-state index contributed by atoms with van der Waals surface area (Å²) in [5.74, 6) is 0.597. The van der Waals surface area contributed by atoms with E-state index in [9.17, 15) is 15.0 Å². The number of benzene rings is 2. The minimum Gasteiger partial charge on any atom is -0.508 e. The molecular weight excluding hydrogens is 348 g/mol. The van der Waals surface area contributed by atoms with Gasteiger partial charge in [-0.25, -0.2) is 0 Å². The van der Waals surface area contributed by atoms with Crippen molar-refractivity contribution in [1.82, 2.24) is 0 Å². The Bertz CT molecular complexity index is 896. The number of ether oxygens (including phenoxy) is 3. The Balaban J connectivity index is 1.86. The van der Waals surface area contributed by atoms with Crippen molar-refractivity contribution in [2.24, 2.45) is 0 Å². The number of allylic oxidation sites excluding steroid dienone is 1. The summed E-state index contributed by atoms with van der Waals surface area (Å²) < 4.78 is 17.0. The first kappa shape index (κ1) is 18.6. The van der Waals surface area contributed by atoms with Crippen molar-refractivity contribution in [3.8, 4) is 28.7 Å². The van der Waals surface area contributed by atoms with Gasteiger partial charge in [-0.2, -0.15) is 0 Å². The number of methoxy groups -OCH3 is 1. The normalized spacial score (nSPS) is 15.5. The summed E-state index contributed by atoms with van der Waals surface area (Å²) >= 11 is 0. The molecule has 1 aliphatic rings. The van der Waals surface area contributed by atoms with Crippen molar-refractivity contribution >= 4 is 5.78 Å². The van der Waals surface area contributed by atoms with E-state index in [4.69, 9.17) is 14.2 Å². The number of ketones is 1. The van der Waals surface area contributed by atoms with Gasteiger partial charge in [0.1, 0.15) is 35.5 Å². The Morgan fingerprint density at radius 3 is 2.70 bits per heavy atom. The zero-order chi connectivity index (χ0) is 19.6. The third kappa shape index (κ3) is 4.00. The lowest BCUT2D eigenvalue weighted by Gasteiger charge is -2.26. The summed E-state index contributed by atoms with van der Waals surface area (Å²) in [5.41, 5.74) is 1.99. The lowest BCUT2D eigenvalue weighted by Crippen LogP contribution is -2.20. The second kappa shape index (κ2) is 7.61. The topological polar surface area (TPSA) is 85.2 Å². The van der Waals surface area contributed by atoms with Crippen molar-refractivity contribution in [2.75, 3.05) is 13.7 Å². The Morgan fingerprint density at radius 2 is 2.00 bits per heavy atom. The molecule has 1 atom stereocenters. The molecule has 27 heavy (non-hydrogen) atoms. The van der Waals surface area contributed by atoms with Gasteiger partial charge in [0.05, 0.1) is 13.5 Å². The van der Waals surface area contributed by atoms with Crippen molar-refractivity contribution in [3.63, 3.8) is 0 Å². The van der Waals surface area contributed by atoms with E-state index in [-0.39, 0.29) is 35.0 Å². The number of phenols is 2. The summed E-state index contributed by atoms with van der Waals surface area (Å²) in [4.78, 5) is 12.4. The number of Topliss-reactive ketones (excluding diaryl/α,β-unsaturated/α-hetero) is 1. The van der Waals surface area contributed by atoms with Gasteiger partial charge in [-0.3, -0.25) is 4.79 Å². The quantitative estimate of drug-likeness (QED) is 0.769. The molecule has 0 saturated carbocycles. The van der Waals surface area contributed by atoms with Crippen LogP contribution in [0.2, 0.25) is 0 Å². The Labute approximate surface area is 157 Å². The molecule has 0 bridgehead atoms. The summed E-state index contributed by atoms with van der Waals surface area (Å²) in [6.45, 7) is 4.42. The highest BCUT2D eigenvalue weighted by Crippen LogP contribution is 2.42. The van der Waals surface area contributed by atoms with Gasteiger partial charge in [-0.1, -0.05) is 11.6 Å². The molecule has 6 nitrogen and oxygen atoms in total. The smallest absolute Gasteiger partial charge is 0.174 e. The van der Waals surface area contributed by atoms with E-state index < -0.39 is 6.10 Å². The molecule has 1 unspecified atom stereocenters. The van der Waals surface area contributed by atoms with Crippen molar-refractivity contribution in [2.45, 2.75) is 26.4 Å². The van der Waals surface area contributed by atoms with Gasteiger partial charge in [-0.15, -0.1) is 0 Å². The monoisotopic (exact) mass is 370 g/mol. The maximum absolute atomic E-state index is 12.4. The highest BCUT2D eigenvalue weighted by Gasteiger charge is 2.31. The molecule has 142 valence electrons.